The molecule has 3 atom stereocenters. The average molecular weight is 580 g/mol. The van der Waals surface area contributed by atoms with Gasteiger partial charge in [0.25, 0.3) is 5.91 Å². The van der Waals surface area contributed by atoms with Crippen molar-refractivity contribution in [3.63, 3.8) is 0 Å². The lowest BCUT2D eigenvalue weighted by atomic mass is 10.0. The smallest absolute Gasteiger partial charge is 0.320 e. The van der Waals surface area contributed by atoms with Gasteiger partial charge in [-0.3, -0.25) is 15.0 Å². The van der Waals surface area contributed by atoms with E-state index in [-0.39, 0.29) is 30.1 Å². The molecule has 226 valence electrons. The van der Waals surface area contributed by atoms with Gasteiger partial charge in [0.1, 0.15) is 11.4 Å². The van der Waals surface area contributed by atoms with Gasteiger partial charge < -0.3 is 25.2 Å². The van der Waals surface area contributed by atoms with E-state index in [0.717, 1.165) is 31.7 Å². The number of para-hydroxylation sites is 1. The fourth-order valence-corrected chi connectivity index (χ4v) is 5.17. The molecule has 4 N–H and O–H groups in total. The third-order valence-corrected chi connectivity index (χ3v) is 7.44. The standard InChI is InChI=1S/C30H41N7O5/c1-6-21-17-36(12-13-41-4)18-25(21)33-30(40)34-27-20(3)26(35-37(27)23-10-8-7-9-11-23)22-14-24(29(42-5)32-16-22)28(39)31-15-19(2)38/h7-11,14,16,19,21,25,38H,6,12-13,15,17-18H2,1-5H3,(H,31,39)(H2,33,34,40)/t19-,21-,25-/m1/s1. The molecule has 0 radical (unpaired) electrons. The lowest BCUT2D eigenvalue weighted by molar-refractivity contribution is 0.0920. The number of nitrogens with zero attached hydrogens (tertiary/aromatic N) is 4. The summed E-state index contributed by atoms with van der Waals surface area (Å²) in [6, 6.07) is 10.8. The zero-order valence-corrected chi connectivity index (χ0v) is 24.9. The van der Waals surface area contributed by atoms with Crippen LogP contribution in [0.4, 0.5) is 10.6 Å². The molecule has 4 rings (SSSR count). The van der Waals surface area contributed by atoms with Crippen LogP contribution >= 0.6 is 0 Å². The second-order valence-corrected chi connectivity index (χ2v) is 10.5. The molecule has 0 aliphatic carbocycles. The number of amides is 3. The number of anilines is 1. The van der Waals surface area contributed by atoms with E-state index in [2.05, 4.69) is 32.8 Å². The summed E-state index contributed by atoms with van der Waals surface area (Å²) >= 11 is 0. The van der Waals surface area contributed by atoms with E-state index in [1.54, 1.807) is 31.0 Å². The minimum Gasteiger partial charge on any atom is -0.480 e. The number of likely N-dealkylation sites (tertiary alicyclic amines) is 1. The summed E-state index contributed by atoms with van der Waals surface area (Å²) in [6.45, 7) is 8.82. The molecule has 12 nitrogen and oxygen atoms in total. The summed E-state index contributed by atoms with van der Waals surface area (Å²) in [5.74, 6) is 0.571. The van der Waals surface area contributed by atoms with Crippen LogP contribution < -0.4 is 20.7 Å². The van der Waals surface area contributed by atoms with Crippen LogP contribution in [0.5, 0.6) is 5.88 Å². The van der Waals surface area contributed by atoms with Crippen molar-refractivity contribution in [2.75, 3.05) is 52.3 Å². The molecule has 12 heteroatoms. The van der Waals surface area contributed by atoms with Crippen LogP contribution in [0.1, 0.15) is 36.2 Å². The Morgan fingerprint density at radius 3 is 2.62 bits per heavy atom. The predicted octanol–water partition coefficient (Wildman–Crippen LogP) is 2.84. The normalized spacial score (nSPS) is 17.6. The first-order chi connectivity index (χ1) is 20.2. The van der Waals surface area contributed by atoms with Crippen molar-refractivity contribution in [3.8, 4) is 22.8 Å². The van der Waals surface area contributed by atoms with Crippen LogP contribution in [0, 0.1) is 12.8 Å². The van der Waals surface area contributed by atoms with Gasteiger partial charge in [0.05, 0.1) is 31.2 Å². The Morgan fingerprint density at radius 1 is 1.19 bits per heavy atom. The molecule has 2 aromatic heterocycles. The number of rotatable bonds is 12. The predicted molar refractivity (Wildman–Crippen MR) is 160 cm³/mol. The monoisotopic (exact) mass is 579 g/mol. The van der Waals surface area contributed by atoms with E-state index < -0.39 is 12.0 Å². The molecule has 1 fully saturated rings. The number of pyridine rings is 1. The number of urea groups is 1. The Balaban J connectivity index is 1.64. The third-order valence-electron chi connectivity index (χ3n) is 7.44. The molecule has 1 aliphatic rings. The highest BCUT2D eigenvalue weighted by molar-refractivity contribution is 5.98. The molecule has 1 aromatic carbocycles. The van der Waals surface area contributed by atoms with E-state index in [1.807, 2.05) is 37.3 Å². The lowest BCUT2D eigenvalue weighted by Gasteiger charge is -2.19. The lowest BCUT2D eigenvalue weighted by Crippen LogP contribution is -2.43. The summed E-state index contributed by atoms with van der Waals surface area (Å²) < 4.78 is 12.2. The van der Waals surface area contributed by atoms with Gasteiger partial charge in [-0.2, -0.15) is 5.10 Å². The van der Waals surface area contributed by atoms with Crippen LogP contribution in [0.25, 0.3) is 16.9 Å². The molecule has 0 bridgehead atoms. The Hall–Kier alpha value is -4.00. The molecular formula is C30H41N7O5. The second-order valence-electron chi connectivity index (χ2n) is 10.5. The molecule has 0 unspecified atom stereocenters. The quantitative estimate of drug-likeness (QED) is 0.257. The molecule has 1 saturated heterocycles. The van der Waals surface area contributed by atoms with Gasteiger partial charge in [-0.15, -0.1) is 0 Å². The number of nitrogens with one attached hydrogen (secondary N) is 3. The molecule has 3 aromatic rings. The maximum absolute atomic E-state index is 13.4. The zero-order valence-electron chi connectivity index (χ0n) is 24.9. The highest BCUT2D eigenvalue weighted by atomic mass is 16.5. The van der Waals surface area contributed by atoms with Gasteiger partial charge in [-0.25, -0.2) is 14.5 Å². The maximum atomic E-state index is 13.4. The summed E-state index contributed by atoms with van der Waals surface area (Å²) in [7, 11) is 3.13. The Labute approximate surface area is 246 Å². The van der Waals surface area contributed by atoms with Crippen molar-refractivity contribution in [2.24, 2.45) is 5.92 Å². The van der Waals surface area contributed by atoms with Crippen LogP contribution in [0.3, 0.4) is 0 Å². The molecule has 0 saturated carbocycles. The highest BCUT2D eigenvalue weighted by Crippen LogP contribution is 2.32. The third kappa shape index (κ3) is 7.25. The molecule has 1 aliphatic heterocycles. The average Bonchev–Trinajstić information content (AvgIpc) is 3.54. The highest BCUT2D eigenvalue weighted by Gasteiger charge is 2.33. The van der Waals surface area contributed by atoms with Gasteiger partial charge in [-0.1, -0.05) is 31.5 Å². The van der Waals surface area contributed by atoms with E-state index in [9.17, 15) is 14.7 Å². The Kier molecular flexibility index (Phi) is 10.5. The number of carbonyl (C=O) groups excluding carboxylic acids is 2. The number of hydrogen-bond donors (Lipinski definition) is 4. The molecular weight excluding hydrogens is 538 g/mol. The second kappa shape index (κ2) is 14.3. The molecule has 3 amide bonds. The molecule has 42 heavy (non-hydrogen) atoms. The van der Waals surface area contributed by atoms with Crippen molar-refractivity contribution < 1.29 is 24.2 Å². The van der Waals surface area contributed by atoms with Crippen molar-refractivity contribution >= 4 is 17.8 Å². The number of methoxy groups -OCH3 is 2. The van der Waals surface area contributed by atoms with Gasteiger partial charge in [0.15, 0.2) is 0 Å². The summed E-state index contributed by atoms with van der Waals surface area (Å²) in [4.78, 5) is 32.9. The number of ether oxygens (including phenoxy) is 2. The van der Waals surface area contributed by atoms with E-state index in [0.29, 0.717) is 35.2 Å². The number of aromatic nitrogens is 3. The largest absolute Gasteiger partial charge is 0.480 e. The molecule has 0 spiro atoms. The molecule has 3 heterocycles. The van der Waals surface area contributed by atoms with Gasteiger partial charge in [0.2, 0.25) is 5.88 Å². The van der Waals surface area contributed by atoms with Crippen LogP contribution in [0.15, 0.2) is 42.6 Å². The first-order valence-corrected chi connectivity index (χ1v) is 14.2. The topological polar surface area (TPSA) is 143 Å². The zero-order chi connectivity index (χ0) is 30.2. The fourth-order valence-electron chi connectivity index (χ4n) is 5.17. The van der Waals surface area contributed by atoms with Crippen LogP contribution in [-0.2, 0) is 4.74 Å². The summed E-state index contributed by atoms with van der Waals surface area (Å²) in [5, 5.41) is 23.3. The number of benzene rings is 1. The van der Waals surface area contributed by atoms with E-state index in [1.165, 1.54) is 7.11 Å². The number of hydrogen-bond acceptors (Lipinski definition) is 8. The number of carbonyl (C=O) groups is 2. The van der Waals surface area contributed by atoms with E-state index in [4.69, 9.17) is 14.6 Å². The Bertz CT molecular complexity index is 1360. The Morgan fingerprint density at radius 2 is 1.95 bits per heavy atom. The summed E-state index contributed by atoms with van der Waals surface area (Å²) in [5.41, 5.74) is 2.80. The number of aliphatic hydroxyl groups excluding tert-OH is 1. The van der Waals surface area contributed by atoms with Crippen LogP contribution in [0.2, 0.25) is 0 Å². The van der Waals surface area contributed by atoms with Gasteiger partial charge in [0, 0.05) is 56.7 Å². The minimum atomic E-state index is -0.704. The first kappa shape index (κ1) is 30.9. The van der Waals surface area contributed by atoms with Gasteiger partial charge in [-0.05, 0) is 38.0 Å². The van der Waals surface area contributed by atoms with Crippen molar-refractivity contribution in [3.05, 3.63) is 53.7 Å². The maximum Gasteiger partial charge on any atom is 0.320 e. The fraction of sp³-hybridized carbons (Fsp3) is 0.467. The van der Waals surface area contributed by atoms with Crippen molar-refractivity contribution in [2.45, 2.75) is 39.3 Å². The minimum absolute atomic E-state index is 0.00762. The SMILES string of the molecule is CC[C@@H]1CN(CCOC)C[C@H]1NC(=O)Nc1c(C)c(-c2cnc(OC)c(C(=O)NC[C@@H](C)O)c2)nn1-c1ccccc1. The first-order valence-electron chi connectivity index (χ1n) is 14.2. The van der Waals surface area contributed by atoms with Crippen molar-refractivity contribution in [1.29, 1.82) is 0 Å². The van der Waals surface area contributed by atoms with Crippen molar-refractivity contribution in [1.82, 2.24) is 30.3 Å². The van der Waals surface area contributed by atoms with Crippen LogP contribution in [-0.4, -0.2) is 95.9 Å². The number of aliphatic hydroxyl groups is 1. The van der Waals surface area contributed by atoms with Gasteiger partial charge >= 0.3 is 6.03 Å². The van der Waals surface area contributed by atoms with E-state index >= 15 is 0 Å². The summed E-state index contributed by atoms with van der Waals surface area (Å²) in [6.07, 6.45) is 1.83.